The summed E-state index contributed by atoms with van der Waals surface area (Å²) in [5, 5.41) is 5.97. The SMILES string of the molecule is O=C(CC1C(=O)Nc2ccccc21)NC1CCCCCC1. The number of nitrogens with one attached hydrogen (secondary N) is 2. The number of fused-ring (bicyclic) bond motifs is 1. The average Bonchev–Trinajstić information content (AvgIpc) is 2.66. The van der Waals surface area contributed by atoms with Crippen LogP contribution in [0.4, 0.5) is 5.69 Å². The van der Waals surface area contributed by atoms with E-state index in [2.05, 4.69) is 10.6 Å². The Morgan fingerprint density at radius 1 is 1.14 bits per heavy atom. The molecule has 2 aliphatic rings. The van der Waals surface area contributed by atoms with Crippen molar-refractivity contribution in [1.29, 1.82) is 0 Å². The van der Waals surface area contributed by atoms with Gasteiger partial charge >= 0.3 is 0 Å². The molecule has 112 valence electrons. The molecule has 2 N–H and O–H groups in total. The standard InChI is InChI=1S/C17H22N2O2/c20-16(18-12-7-3-1-2-4-8-12)11-14-13-9-5-6-10-15(13)19-17(14)21/h5-6,9-10,12,14H,1-4,7-8,11H2,(H,18,20)(H,19,21). The van der Waals surface area contributed by atoms with E-state index < -0.39 is 0 Å². The molecular formula is C17H22N2O2. The van der Waals surface area contributed by atoms with E-state index in [0.717, 1.165) is 24.1 Å². The lowest BCUT2D eigenvalue weighted by molar-refractivity contribution is -0.125. The Morgan fingerprint density at radius 2 is 1.86 bits per heavy atom. The lowest BCUT2D eigenvalue weighted by Crippen LogP contribution is -2.35. The molecule has 21 heavy (non-hydrogen) atoms. The number of carbonyl (C=O) groups is 2. The minimum Gasteiger partial charge on any atom is -0.353 e. The smallest absolute Gasteiger partial charge is 0.232 e. The molecule has 4 nitrogen and oxygen atoms in total. The highest BCUT2D eigenvalue weighted by Crippen LogP contribution is 2.34. The number of para-hydroxylation sites is 1. The number of hydrogen-bond donors (Lipinski definition) is 2. The Kier molecular flexibility index (Phi) is 4.23. The van der Waals surface area contributed by atoms with Gasteiger partial charge in [-0.25, -0.2) is 0 Å². The van der Waals surface area contributed by atoms with Crippen LogP contribution >= 0.6 is 0 Å². The fourth-order valence-electron chi connectivity index (χ4n) is 3.37. The summed E-state index contributed by atoms with van der Waals surface area (Å²) in [7, 11) is 0. The zero-order valence-electron chi connectivity index (χ0n) is 12.2. The third-order valence-corrected chi connectivity index (χ3v) is 4.52. The van der Waals surface area contributed by atoms with E-state index in [1.54, 1.807) is 0 Å². The first-order valence-electron chi connectivity index (χ1n) is 7.93. The summed E-state index contributed by atoms with van der Waals surface area (Å²) in [6.45, 7) is 0. The third kappa shape index (κ3) is 3.26. The lowest BCUT2D eigenvalue weighted by Gasteiger charge is -2.17. The van der Waals surface area contributed by atoms with Gasteiger partial charge in [-0.15, -0.1) is 0 Å². The van der Waals surface area contributed by atoms with Crippen molar-refractivity contribution in [3.05, 3.63) is 29.8 Å². The van der Waals surface area contributed by atoms with E-state index >= 15 is 0 Å². The summed E-state index contributed by atoms with van der Waals surface area (Å²) in [5.74, 6) is -0.405. The van der Waals surface area contributed by atoms with E-state index in [9.17, 15) is 9.59 Å². The van der Waals surface area contributed by atoms with Crippen molar-refractivity contribution < 1.29 is 9.59 Å². The van der Waals surface area contributed by atoms with E-state index in [4.69, 9.17) is 0 Å². The fourth-order valence-corrected chi connectivity index (χ4v) is 3.37. The van der Waals surface area contributed by atoms with Gasteiger partial charge < -0.3 is 10.6 Å². The van der Waals surface area contributed by atoms with Crippen LogP contribution in [-0.4, -0.2) is 17.9 Å². The van der Waals surface area contributed by atoms with Crippen LogP contribution in [0.1, 0.15) is 56.4 Å². The zero-order valence-corrected chi connectivity index (χ0v) is 12.2. The summed E-state index contributed by atoms with van der Waals surface area (Å²) in [5.41, 5.74) is 1.79. The number of carbonyl (C=O) groups excluding carboxylic acids is 2. The van der Waals surface area contributed by atoms with Gasteiger partial charge in [0.2, 0.25) is 11.8 Å². The van der Waals surface area contributed by atoms with Crippen molar-refractivity contribution >= 4 is 17.5 Å². The Balaban J connectivity index is 1.61. The van der Waals surface area contributed by atoms with Crippen molar-refractivity contribution in [3.8, 4) is 0 Å². The monoisotopic (exact) mass is 286 g/mol. The number of benzene rings is 1. The minimum atomic E-state index is -0.341. The lowest BCUT2D eigenvalue weighted by atomic mass is 9.96. The van der Waals surface area contributed by atoms with Crippen molar-refractivity contribution in [2.45, 2.75) is 56.9 Å². The molecule has 4 heteroatoms. The highest BCUT2D eigenvalue weighted by atomic mass is 16.2. The van der Waals surface area contributed by atoms with Gasteiger partial charge in [0, 0.05) is 18.2 Å². The van der Waals surface area contributed by atoms with Gasteiger partial charge in [0.1, 0.15) is 0 Å². The first-order chi connectivity index (χ1) is 10.2. The van der Waals surface area contributed by atoms with E-state index in [1.165, 1.54) is 25.7 Å². The Labute approximate surface area is 125 Å². The maximum atomic E-state index is 12.2. The van der Waals surface area contributed by atoms with Gasteiger partial charge in [-0.3, -0.25) is 9.59 Å². The number of hydrogen-bond acceptors (Lipinski definition) is 2. The summed E-state index contributed by atoms with van der Waals surface area (Å²) in [6, 6.07) is 7.91. The molecule has 1 atom stereocenters. The van der Waals surface area contributed by atoms with Crippen molar-refractivity contribution in [1.82, 2.24) is 5.32 Å². The molecule has 1 aliphatic carbocycles. The van der Waals surface area contributed by atoms with Crippen LogP contribution < -0.4 is 10.6 Å². The predicted molar refractivity (Wildman–Crippen MR) is 82.1 cm³/mol. The van der Waals surface area contributed by atoms with Gasteiger partial charge in [0.25, 0.3) is 0 Å². The van der Waals surface area contributed by atoms with Crippen LogP contribution in [0.5, 0.6) is 0 Å². The number of rotatable bonds is 3. The van der Waals surface area contributed by atoms with E-state index in [0.29, 0.717) is 6.04 Å². The highest BCUT2D eigenvalue weighted by Gasteiger charge is 2.32. The molecule has 1 fully saturated rings. The average molecular weight is 286 g/mol. The highest BCUT2D eigenvalue weighted by molar-refractivity contribution is 6.04. The van der Waals surface area contributed by atoms with Crippen LogP contribution in [-0.2, 0) is 9.59 Å². The van der Waals surface area contributed by atoms with Crippen molar-refractivity contribution in [2.75, 3.05) is 5.32 Å². The van der Waals surface area contributed by atoms with Crippen LogP contribution in [0.3, 0.4) is 0 Å². The molecule has 1 aliphatic heterocycles. The molecule has 0 saturated heterocycles. The number of anilines is 1. The van der Waals surface area contributed by atoms with Gasteiger partial charge in [-0.2, -0.15) is 0 Å². The molecule has 2 amide bonds. The molecule has 1 saturated carbocycles. The molecule has 1 heterocycles. The van der Waals surface area contributed by atoms with Crippen LogP contribution in [0.25, 0.3) is 0 Å². The predicted octanol–water partition coefficient (Wildman–Crippen LogP) is 2.95. The third-order valence-electron chi connectivity index (χ3n) is 4.52. The van der Waals surface area contributed by atoms with Gasteiger partial charge in [0.15, 0.2) is 0 Å². The number of amides is 2. The topological polar surface area (TPSA) is 58.2 Å². The van der Waals surface area contributed by atoms with Crippen molar-refractivity contribution in [2.24, 2.45) is 0 Å². The molecule has 3 rings (SSSR count). The molecule has 1 unspecified atom stereocenters. The largest absolute Gasteiger partial charge is 0.353 e. The van der Waals surface area contributed by atoms with Gasteiger partial charge in [-0.05, 0) is 24.5 Å². The second kappa shape index (κ2) is 6.29. The Hall–Kier alpha value is -1.84. The Morgan fingerprint density at radius 3 is 2.62 bits per heavy atom. The minimum absolute atomic E-state index is 0.00115. The molecule has 0 spiro atoms. The molecular weight excluding hydrogens is 264 g/mol. The summed E-state index contributed by atoms with van der Waals surface area (Å²) in [4.78, 5) is 24.3. The first kappa shape index (κ1) is 14.1. The van der Waals surface area contributed by atoms with Crippen LogP contribution in [0.2, 0.25) is 0 Å². The zero-order chi connectivity index (χ0) is 14.7. The second-order valence-corrected chi connectivity index (χ2v) is 6.09. The Bertz CT molecular complexity index is 533. The maximum Gasteiger partial charge on any atom is 0.232 e. The van der Waals surface area contributed by atoms with Crippen LogP contribution in [0.15, 0.2) is 24.3 Å². The molecule has 1 aromatic rings. The van der Waals surface area contributed by atoms with Gasteiger partial charge in [-0.1, -0.05) is 43.9 Å². The molecule has 0 radical (unpaired) electrons. The van der Waals surface area contributed by atoms with E-state index in [-0.39, 0.29) is 24.2 Å². The summed E-state index contributed by atoms with van der Waals surface area (Å²) in [6.07, 6.45) is 7.31. The maximum absolute atomic E-state index is 12.2. The summed E-state index contributed by atoms with van der Waals surface area (Å²) >= 11 is 0. The normalized spacial score (nSPS) is 22.3. The molecule has 1 aromatic carbocycles. The quantitative estimate of drug-likeness (QED) is 0.839. The van der Waals surface area contributed by atoms with E-state index in [1.807, 2.05) is 24.3 Å². The second-order valence-electron chi connectivity index (χ2n) is 6.09. The summed E-state index contributed by atoms with van der Waals surface area (Å²) < 4.78 is 0. The molecule has 0 bridgehead atoms. The first-order valence-corrected chi connectivity index (χ1v) is 7.93. The van der Waals surface area contributed by atoms with Gasteiger partial charge in [0.05, 0.1) is 5.92 Å². The van der Waals surface area contributed by atoms with Crippen LogP contribution in [0, 0.1) is 0 Å². The van der Waals surface area contributed by atoms with Crippen molar-refractivity contribution in [3.63, 3.8) is 0 Å². The molecule has 0 aromatic heterocycles. The fraction of sp³-hybridized carbons (Fsp3) is 0.529.